The molecule has 13 heteroatoms. The Kier molecular flexibility index (Phi) is 8.94. The number of aromatic nitrogens is 2. The lowest BCUT2D eigenvalue weighted by Crippen LogP contribution is -2.58. The average Bonchev–Trinajstić information content (AvgIpc) is 3.24. The van der Waals surface area contributed by atoms with Crippen LogP contribution in [0.15, 0.2) is 52.7 Å². The van der Waals surface area contributed by atoms with Crippen LogP contribution in [0.3, 0.4) is 0 Å². The monoisotopic (exact) mass is 658 g/mol. The fraction of sp³-hybridized carbons (Fsp3) is 0.485. The fourth-order valence-corrected chi connectivity index (χ4v) is 8.41. The van der Waals surface area contributed by atoms with Gasteiger partial charge in [0.1, 0.15) is 11.6 Å². The number of thioether (sulfide) groups is 1. The number of carbonyl (C=O) groups is 1. The second-order valence-corrected chi connectivity index (χ2v) is 13.4. The predicted octanol–water partition coefficient (Wildman–Crippen LogP) is 4.94. The standard InChI is InChI=1S/C33H38F4N6O2S/c1-5-27(44)41-16-21(4)42(17-20(41)3)31-25-15-26(33(35,36)37)28(22-7-9-23(34)10-8-22)30-29(25)43(32(45)38-31)18-24(19-46-30)40-13-11-39(6-2)12-14-40/h5,7-10,15,20-21,24H,1,6,11-14,16-19H2,2-4H3/t20-,21+,24?/m1/s1. The molecule has 0 radical (unpaired) electrons. The highest BCUT2D eigenvalue weighted by Crippen LogP contribution is 2.48. The SMILES string of the molecule is C=CC(=O)N1C[C@H](C)N(c2nc(=O)n3c4c(c(-c5ccc(F)cc5)c(C(F)(F)F)cc24)SCC(N2CCN(CC)CC2)C3)C[C@H]1C. The zero-order chi connectivity index (χ0) is 32.9. The van der Waals surface area contributed by atoms with Gasteiger partial charge in [0, 0.05) is 85.5 Å². The van der Waals surface area contributed by atoms with Crippen LogP contribution in [0.5, 0.6) is 0 Å². The van der Waals surface area contributed by atoms with Gasteiger partial charge in [-0.1, -0.05) is 25.6 Å². The van der Waals surface area contributed by atoms with Gasteiger partial charge in [0.25, 0.3) is 0 Å². The molecule has 0 bridgehead atoms. The number of anilines is 1. The van der Waals surface area contributed by atoms with Crippen molar-refractivity contribution in [2.45, 2.75) is 56.5 Å². The highest BCUT2D eigenvalue weighted by atomic mass is 32.2. The third-order valence-corrected chi connectivity index (χ3v) is 10.8. The van der Waals surface area contributed by atoms with E-state index < -0.39 is 23.2 Å². The number of benzene rings is 2. The van der Waals surface area contributed by atoms with E-state index in [1.165, 1.54) is 30.0 Å². The summed E-state index contributed by atoms with van der Waals surface area (Å²) in [7, 11) is 0. The largest absolute Gasteiger partial charge is 0.417 e. The highest BCUT2D eigenvalue weighted by Gasteiger charge is 2.40. The third-order valence-electron chi connectivity index (χ3n) is 9.54. The molecule has 3 atom stereocenters. The van der Waals surface area contributed by atoms with Gasteiger partial charge in [0.15, 0.2) is 0 Å². The number of likely N-dealkylation sites (N-methyl/N-ethyl adjacent to an activating group) is 1. The Hall–Kier alpha value is -3.42. The van der Waals surface area contributed by atoms with E-state index in [2.05, 4.69) is 28.3 Å². The van der Waals surface area contributed by atoms with Gasteiger partial charge >= 0.3 is 11.9 Å². The first-order valence-electron chi connectivity index (χ1n) is 15.6. The van der Waals surface area contributed by atoms with Crippen LogP contribution in [0.4, 0.5) is 23.4 Å². The van der Waals surface area contributed by atoms with E-state index in [9.17, 15) is 14.0 Å². The van der Waals surface area contributed by atoms with Crippen molar-refractivity contribution < 1.29 is 22.4 Å². The lowest BCUT2D eigenvalue weighted by atomic mass is 9.96. The van der Waals surface area contributed by atoms with Crippen LogP contribution in [-0.2, 0) is 17.5 Å². The topological polar surface area (TPSA) is 64.9 Å². The Morgan fingerprint density at radius 3 is 2.39 bits per heavy atom. The van der Waals surface area contributed by atoms with E-state index in [0.717, 1.165) is 50.9 Å². The van der Waals surface area contributed by atoms with Crippen molar-refractivity contribution in [2.24, 2.45) is 0 Å². The molecular weight excluding hydrogens is 620 g/mol. The number of carbonyl (C=O) groups excluding carboxylic acids is 1. The van der Waals surface area contributed by atoms with Gasteiger partial charge in [-0.3, -0.25) is 14.3 Å². The molecule has 246 valence electrons. The van der Waals surface area contributed by atoms with Crippen molar-refractivity contribution >= 4 is 34.4 Å². The van der Waals surface area contributed by atoms with E-state index in [4.69, 9.17) is 0 Å². The molecule has 2 aromatic carbocycles. The maximum Gasteiger partial charge on any atom is 0.417 e. The molecule has 1 amide bonds. The quantitative estimate of drug-likeness (QED) is 0.284. The lowest BCUT2D eigenvalue weighted by molar-refractivity contribution is -0.137. The summed E-state index contributed by atoms with van der Waals surface area (Å²) in [6.07, 6.45) is -3.50. The van der Waals surface area contributed by atoms with E-state index in [1.807, 2.05) is 18.7 Å². The second-order valence-electron chi connectivity index (χ2n) is 12.3. The van der Waals surface area contributed by atoms with Crippen LogP contribution in [0, 0.1) is 5.82 Å². The molecule has 8 nitrogen and oxygen atoms in total. The molecule has 46 heavy (non-hydrogen) atoms. The van der Waals surface area contributed by atoms with Gasteiger partial charge in [-0.05, 0) is 50.2 Å². The molecule has 0 N–H and O–H groups in total. The molecule has 0 saturated carbocycles. The summed E-state index contributed by atoms with van der Waals surface area (Å²) in [4.78, 5) is 39.5. The zero-order valence-electron chi connectivity index (χ0n) is 26.2. The van der Waals surface area contributed by atoms with Gasteiger partial charge in [-0.15, -0.1) is 11.8 Å². The molecular formula is C33H38F4N6O2S. The van der Waals surface area contributed by atoms with E-state index in [1.54, 1.807) is 9.47 Å². The molecule has 4 heterocycles. The van der Waals surface area contributed by atoms with Crippen molar-refractivity contribution in [1.82, 2.24) is 24.3 Å². The predicted molar refractivity (Wildman–Crippen MR) is 173 cm³/mol. The van der Waals surface area contributed by atoms with Gasteiger partial charge in [-0.2, -0.15) is 18.2 Å². The number of nitrogens with zero attached hydrogens (tertiary/aromatic N) is 6. The molecule has 1 unspecified atom stereocenters. The molecule has 6 rings (SSSR count). The van der Waals surface area contributed by atoms with Gasteiger partial charge in [0.05, 0.1) is 11.1 Å². The smallest absolute Gasteiger partial charge is 0.349 e. The average molecular weight is 659 g/mol. The van der Waals surface area contributed by atoms with Gasteiger partial charge in [-0.25, -0.2) is 9.18 Å². The number of piperazine rings is 2. The van der Waals surface area contributed by atoms with E-state index in [0.29, 0.717) is 22.7 Å². The summed E-state index contributed by atoms with van der Waals surface area (Å²) in [5.74, 6) is -0.133. The van der Waals surface area contributed by atoms with Gasteiger partial charge in [0.2, 0.25) is 5.91 Å². The summed E-state index contributed by atoms with van der Waals surface area (Å²) in [5.41, 5.74) is -0.818. The molecule has 0 spiro atoms. The molecule has 1 aromatic heterocycles. The van der Waals surface area contributed by atoms with Crippen LogP contribution >= 0.6 is 11.8 Å². The fourth-order valence-electron chi connectivity index (χ4n) is 7.00. The van der Waals surface area contributed by atoms with Crippen molar-refractivity contribution in [1.29, 1.82) is 0 Å². The first-order chi connectivity index (χ1) is 21.9. The van der Waals surface area contributed by atoms with Crippen LogP contribution in [0.2, 0.25) is 0 Å². The zero-order valence-corrected chi connectivity index (χ0v) is 27.0. The molecule has 3 aliphatic heterocycles. The van der Waals surface area contributed by atoms with E-state index >= 15 is 13.2 Å². The Morgan fingerprint density at radius 1 is 1.07 bits per heavy atom. The van der Waals surface area contributed by atoms with Crippen molar-refractivity contribution in [3.8, 4) is 11.1 Å². The van der Waals surface area contributed by atoms with Crippen LogP contribution < -0.4 is 10.6 Å². The molecule has 2 fully saturated rings. The number of hydrogen-bond donors (Lipinski definition) is 0. The molecule has 0 aliphatic carbocycles. The number of amides is 1. The molecule has 2 saturated heterocycles. The Bertz CT molecular complexity index is 1700. The highest BCUT2D eigenvalue weighted by molar-refractivity contribution is 7.99. The van der Waals surface area contributed by atoms with Crippen LogP contribution in [-0.4, -0.2) is 99.8 Å². The summed E-state index contributed by atoms with van der Waals surface area (Å²) in [5, 5.41) is 0.235. The number of halogens is 4. The summed E-state index contributed by atoms with van der Waals surface area (Å²) >= 11 is 1.32. The summed E-state index contributed by atoms with van der Waals surface area (Å²) < 4.78 is 60.6. The van der Waals surface area contributed by atoms with Crippen LogP contribution in [0.25, 0.3) is 22.0 Å². The Balaban J connectivity index is 1.57. The molecule has 3 aromatic rings. The normalized spacial score (nSPS) is 23.1. The minimum absolute atomic E-state index is 0.0606. The lowest BCUT2D eigenvalue weighted by Gasteiger charge is -2.44. The summed E-state index contributed by atoms with van der Waals surface area (Å²) in [6, 6.07) is 5.41. The van der Waals surface area contributed by atoms with Crippen LogP contribution in [0.1, 0.15) is 26.3 Å². The van der Waals surface area contributed by atoms with Crippen molar-refractivity contribution in [3.63, 3.8) is 0 Å². The Morgan fingerprint density at radius 2 is 1.76 bits per heavy atom. The van der Waals surface area contributed by atoms with Gasteiger partial charge < -0.3 is 14.7 Å². The van der Waals surface area contributed by atoms with Crippen molar-refractivity contribution in [2.75, 3.05) is 56.5 Å². The number of hydrogen-bond acceptors (Lipinski definition) is 7. The number of rotatable bonds is 5. The third kappa shape index (κ3) is 5.93. The maximum atomic E-state index is 15.0. The minimum Gasteiger partial charge on any atom is -0.349 e. The number of alkyl halides is 3. The first-order valence-corrected chi connectivity index (χ1v) is 16.6. The van der Waals surface area contributed by atoms with E-state index in [-0.39, 0.29) is 59.5 Å². The second kappa shape index (κ2) is 12.6. The minimum atomic E-state index is -4.75. The maximum absolute atomic E-state index is 15.0. The summed E-state index contributed by atoms with van der Waals surface area (Å²) in [6.45, 7) is 14.6. The molecule has 3 aliphatic rings. The van der Waals surface area contributed by atoms with Crippen molar-refractivity contribution in [3.05, 3.63) is 64.9 Å². The Labute approximate surface area is 269 Å². The first kappa shape index (κ1) is 32.5.